The summed E-state index contributed by atoms with van der Waals surface area (Å²) in [6, 6.07) is 0.796. The van der Waals surface area contributed by atoms with Gasteiger partial charge in [-0.05, 0) is 30.4 Å². The van der Waals surface area contributed by atoms with E-state index in [-0.39, 0.29) is 0 Å². The lowest BCUT2D eigenvalue weighted by Gasteiger charge is -2.35. The van der Waals surface area contributed by atoms with Crippen molar-refractivity contribution in [2.45, 2.75) is 32.7 Å². The first kappa shape index (κ1) is 12.7. The van der Waals surface area contributed by atoms with Gasteiger partial charge in [-0.2, -0.15) is 11.8 Å². The number of thioether (sulfide) groups is 1. The SMILES string of the molecule is CC1CC(C)CN(CCNC2CCSC2)C1. The van der Waals surface area contributed by atoms with Crippen molar-refractivity contribution in [1.82, 2.24) is 10.2 Å². The molecule has 0 spiro atoms. The Labute approximate surface area is 105 Å². The maximum Gasteiger partial charge on any atom is 0.0166 e. The molecule has 0 bridgehead atoms. The normalized spacial score (nSPS) is 36.8. The lowest BCUT2D eigenvalue weighted by atomic mass is 9.92. The first-order chi connectivity index (χ1) is 7.74. The average Bonchev–Trinajstić information content (AvgIpc) is 2.69. The molecular formula is C13H26N2S. The number of nitrogens with zero attached hydrogens (tertiary/aromatic N) is 1. The Kier molecular flexibility index (Phi) is 4.98. The first-order valence-corrected chi connectivity index (χ1v) is 7.93. The maximum absolute atomic E-state index is 3.70. The second-order valence-electron chi connectivity index (χ2n) is 5.72. The van der Waals surface area contributed by atoms with Crippen molar-refractivity contribution < 1.29 is 0 Å². The zero-order valence-corrected chi connectivity index (χ0v) is 11.6. The molecule has 2 rings (SSSR count). The Morgan fingerprint density at radius 1 is 1.25 bits per heavy atom. The zero-order valence-electron chi connectivity index (χ0n) is 10.7. The van der Waals surface area contributed by atoms with E-state index in [0.29, 0.717) is 0 Å². The fourth-order valence-electron chi connectivity index (χ4n) is 3.10. The number of rotatable bonds is 4. The molecule has 0 aromatic carbocycles. The molecule has 2 fully saturated rings. The Morgan fingerprint density at radius 3 is 2.62 bits per heavy atom. The Hall–Kier alpha value is 0.270. The van der Waals surface area contributed by atoms with E-state index < -0.39 is 0 Å². The second kappa shape index (κ2) is 6.27. The molecule has 1 N–H and O–H groups in total. The third-order valence-electron chi connectivity index (χ3n) is 3.74. The summed E-state index contributed by atoms with van der Waals surface area (Å²) in [5.41, 5.74) is 0. The highest BCUT2D eigenvalue weighted by Crippen LogP contribution is 2.20. The van der Waals surface area contributed by atoms with Crippen molar-refractivity contribution in [2.24, 2.45) is 11.8 Å². The molecule has 2 nitrogen and oxygen atoms in total. The topological polar surface area (TPSA) is 15.3 Å². The molecule has 94 valence electrons. The molecule has 16 heavy (non-hydrogen) atoms. The van der Waals surface area contributed by atoms with Crippen LogP contribution in [-0.2, 0) is 0 Å². The van der Waals surface area contributed by atoms with E-state index >= 15 is 0 Å². The van der Waals surface area contributed by atoms with Crippen molar-refractivity contribution in [1.29, 1.82) is 0 Å². The third-order valence-corrected chi connectivity index (χ3v) is 4.90. The molecule has 2 aliphatic rings. The average molecular weight is 242 g/mol. The third kappa shape index (κ3) is 3.94. The molecule has 3 unspecified atom stereocenters. The van der Waals surface area contributed by atoms with Gasteiger partial charge in [-0.3, -0.25) is 0 Å². The van der Waals surface area contributed by atoms with Crippen LogP contribution in [-0.4, -0.2) is 48.6 Å². The van der Waals surface area contributed by atoms with Gasteiger partial charge in [-0.25, -0.2) is 0 Å². The zero-order chi connectivity index (χ0) is 11.4. The number of nitrogens with one attached hydrogen (secondary N) is 1. The van der Waals surface area contributed by atoms with E-state index in [1.807, 2.05) is 0 Å². The molecule has 0 aromatic heterocycles. The van der Waals surface area contributed by atoms with Crippen molar-refractivity contribution in [3.8, 4) is 0 Å². The van der Waals surface area contributed by atoms with E-state index in [1.165, 1.54) is 50.5 Å². The minimum atomic E-state index is 0.796. The van der Waals surface area contributed by atoms with Gasteiger partial charge in [0.15, 0.2) is 0 Å². The predicted octanol–water partition coefficient (Wildman–Crippen LogP) is 2.06. The first-order valence-electron chi connectivity index (χ1n) is 6.77. The highest BCUT2D eigenvalue weighted by molar-refractivity contribution is 7.99. The maximum atomic E-state index is 3.70. The van der Waals surface area contributed by atoms with Gasteiger partial charge >= 0.3 is 0 Å². The molecule has 0 aliphatic carbocycles. The Morgan fingerprint density at radius 2 is 2.00 bits per heavy atom. The van der Waals surface area contributed by atoms with Crippen LogP contribution in [0.3, 0.4) is 0 Å². The van der Waals surface area contributed by atoms with Crippen LogP contribution in [0.1, 0.15) is 26.7 Å². The van der Waals surface area contributed by atoms with Gasteiger partial charge in [0, 0.05) is 38.0 Å². The largest absolute Gasteiger partial charge is 0.312 e. The van der Waals surface area contributed by atoms with Crippen LogP contribution in [0, 0.1) is 11.8 Å². The predicted molar refractivity (Wildman–Crippen MR) is 73.1 cm³/mol. The van der Waals surface area contributed by atoms with Gasteiger partial charge in [-0.15, -0.1) is 0 Å². The van der Waals surface area contributed by atoms with Crippen molar-refractivity contribution in [3.63, 3.8) is 0 Å². The summed E-state index contributed by atoms with van der Waals surface area (Å²) in [6.07, 6.45) is 2.79. The molecule has 2 saturated heterocycles. The minimum Gasteiger partial charge on any atom is -0.312 e. The van der Waals surface area contributed by atoms with Gasteiger partial charge < -0.3 is 10.2 Å². The van der Waals surface area contributed by atoms with E-state index in [9.17, 15) is 0 Å². The van der Waals surface area contributed by atoms with Gasteiger partial charge in [0.2, 0.25) is 0 Å². The number of likely N-dealkylation sites (tertiary alicyclic amines) is 1. The standard InChI is InChI=1S/C13H26N2S/c1-11-7-12(2)9-15(8-11)5-4-14-13-3-6-16-10-13/h11-14H,3-10H2,1-2H3. The molecule has 3 heteroatoms. The smallest absolute Gasteiger partial charge is 0.0166 e. The van der Waals surface area contributed by atoms with Gasteiger partial charge in [0.1, 0.15) is 0 Å². The minimum absolute atomic E-state index is 0.796. The Balaban J connectivity index is 1.61. The van der Waals surface area contributed by atoms with Crippen LogP contribution in [0.25, 0.3) is 0 Å². The van der Waals surface area contributed by atoms with Gasteiger partial charge in [0.05, 0.1) is 0 Å². The molecule has 0 amide bonds. The summed E-state index contributed by atoms with van der Waals surface area (Å²) in [5, 5.41) is 3.70. The lowest BCUT2D eigenvalue weighted by molar-refractivity contribution is 0.141. The second-order valence-corrected chi connectivity index (χ2v) is 6.87. The monoisotopic (exact) mass is 242 g/mol. The summed E-state index contributed by atoms with van der Waals surface area (Å²) in [4.78, 5) is 2.65. The van der Waals surface area contributed by atoms with E-state index in [4.69, 9.17) is 0 Å². The van der Waals surface area contributed by atoms with Crippen molar-refractivity contribution in [2.75, 3.05) is 37.7 Å². The van der Waals surface area contributed by atoms with E-state index in [0.717, 1.165) is 17.9 Å². The summed E-state index contributed by atoms with van der Waals surface area (Å²) < 4.78 is 0. The van der Waals surface area contributed by atoms with Crippen molar-refractivity contribution >= 4 is 11.8 Å². The van der Waals surface area contributed by atoms with Crippen LogP contribution in [0.4, 0.5) is 0 Å². The molecule has 3 atom stereocenters. The summed E-state index contributed by atoms with van der Waals surface area (Å²) in [6.45, 7) is 9.84. The summed E-state index contributed by atoms with van der Waals surface area (Å²) in [7, 11) is 0. The van der Waals surface area contributed by atoms with Crippen molar-refractivity contribution in [3.05, 3.63) is 0 Å². The summed E-state index contributed by atoms with van der Waals surface area (Å²) >= 11 is 2.09. The fraction of sp³-hybridized carbons (Fsp3) is 1.00. The van der Waals surface area contributed by atoms with Gasteiger partial charge in [-0.1, -0.05) is 13.8 Å². The number of piperidine rings is 1. The molecule has 0 radical (unpaired) electrons. The molecule has 2 heterocycles. The van der Waals surface area contributed by atoms with Crippen LogP contribution >= 0.6 is 11.8 Å². The Bertz CT molecular complexity index is 194. The number of hydrogen-bond acceptors (Lipinski definition) is 3. The van der Waals surface area contributed by atoms with Crippen LogP contribution < -0.4 is 5.32 Å². The molecular weight excluding hydrogens is 216 g/mol. The molecule has 2 aliphatic heterocycles. The number of hydrogen-bond donors (Lipinski definition) is 1. The van der Waals surface area contributed by atoms with Crippen LogP contribution in [0.15, 0.2) is 0 Å². The highest BCUT2D eigenvalue weighted by Gasteiger charge is 2.21. The lowest BCUT2D eigenvalue weighted by Crippen LogP contribution is -2.43. The van der Waals surface area contributed by atoms with E-state index in [2.05, 4.69) is 35.8 Å². The van der Waals surface area contributed by atoms with Crippen LogP contribution in [0.2, 0.25) is 0 Å². The quantitative estimate of drug-likeness (QED) is 0.812. The highest BCUT2D eigenvalue weighted by atomic mass is 32.2. The van der Waals surface area contributed by atoms with Gasteiger partial charge in [0.25, 0.3) is 0 Å². The van der Waals surface area contributed by atoms with Crippen LogP contribution in [0.5, 0.6) is 0 Å². The molecule has 0 saturated carbocycles. The van der Waals surface area contributed by atoms with E-state index in [1.54, 1.807) is 0 Å². The fourth-order valence-corrected chi connectivity index (χ4v) is 4.28. The summed E-state index contributed by atoms with van der Waals surface area (Å²) in [5.74, 6) is 4.47. The molecule has 0 aromatic rings.